The second-order valence-electron chi connectivity index (χ2n) is 7.45. The van der Waals surface area contributed by atoms with E-state index in [1.807, 2.05) is 6.92 Å². The van der Waals surface area contributed by atoms with Gasteiger partial charge in [0.05, 0.1) is 11.1 Å². The molecule has 0 radical (unpaired) electrons. The minimum Gasteiger partial charge on any atom is -0.454 e. The molecule has 2 aliphatic heterocycles. The predicted octanol–water partition coefficient (Wildman–Crippen LogP) is 3.04. The molecule has 0 bridgehead atoms. The maximum absolute atomic E-state index is 12.8. The van der Waals surface area contributed by atoms with Gasteiger partial charge in [0.1, 0.15) is 0 Å². The largest absolute Gasteiger partial charge is 0.454 e. The SMILES string of the molecule is Cc1ccc(S(=O)(=O)N2CCC(C(=O)N/N=C\c3cc4c(cc3Br)OCO4)CC2)cc1. The number of rotatable bonds is 5. The Morgan fingerprint density at radius 2 is 1.81 bits per heavy atom. The van der Waals surface area contributed by atoms with Crippen LogP contribution >= 0.6 is 15.9 Å². The van der Waals surface area contributed by atoms with Crippen molar-refractivity contribution < 1.29 is 22.7 Å². The molecule has 0 aliphatic carbocycles. The van der Waals surface area contributed by atoms with Gasteiger partial charge in [-0.2, -0.15) is 9.41 Å². The van der Waals surface area contributed by atoms with E-state index in [1.165, 1.54) is 10.5 Å². The van der Waals surface area contributed by atoms with E-state index in [4.69, 9.17) is 9.47 Å². The highest BCUT2D eigenvalue weighted by molar-refractivity contribution is 9.10. The van der Waals surface area contributed by atoms with Crippen molar-refractivity contribution in [1.29, 1.82) is 0 Å². The third kappa shape index (κ3) is 4.76. The molecule has 0 spiro atoms. The fourth-order valence-electron chi connectivity index (χ4n) is 3.51. The fraction of sp³-hybridized carbons (Fsp3) is 0.333. The summed E-state index contributed by atoms with van der Waals surface area (Å²) in [5.74, 6) is 0.765. The second kappa shape index (κ2) is 8.97. The first kappa shape index (κ1) is 21.8. The van der Waals surface area contributed by atoms with Crippen molar-refractivity contribution in [2.45, 2.75) is 24.7 Å². The summed E-state index contributed by atoms with van der Waals surface area (Å²) in [5, 5.41) is 4.04. The Morgan fingerprint density at radius 1 is 1.16 bits per heavy atom. The molecule has 0 atom stereocenters. The third-order valence-electron chi connectivity index (χ3n) is 5.35. The molecule has 2 heterocycles. The van der Waals surface area contributed by atoms with Crippen molar-refractivity contribution in [2.75, 3.05) is 19.9 Å². The molecule has 0 unspecified atom stereocenters. The average molecular weight is 508 g/mol. The van der Waals surface area contributed by atoms with E-state index in [9.17, 15) is 13.2 Å². The van der Waals surface area contributed by atoms with Crippen LogP contribution in [0.3, 0.4) is 0 Å². The summed E-state index contributed by atoms with van der Waals surface area (Å²) in [6.07, 6.45) is 2.42. The maximum Gasteiger partial charge on any atom is 0.243 e. The smallest absolute Gasteiger partial charge is 0.243 e. The minimum atomic E-state index is -3.55. The molecule has 1 amide bonds. The number of sulfonamides is 1. The van der Waals surface area contributed by atoms with Gasteiger partial charge in [-0.25, -0.2) is 13.8 Å². The Kier molecular flexibility index (Phi) is 6.31. The summed E-state index contributed by atoms with van der Waals surface area (Å²) in [4.78, 5) is 12.8. The number of aryl methyl sites for hydroxylation is 1. The number of carbonyl (C=O) groups excluding carboxylic acids is 1. The number of nitrogens with one attached hydrogen (secondary N) is 1. The number of amides is 1. The number of fused-ring (bicyclic) bond motifs is 1. The van der Waals surface area contributed by atoms with Crippen LogP contribution in [0.25, 0.3) is 0 Å². The number of nitrogens with zero attached hydrogens (tertiary/aromatic N) is 2. The topological polar surface area (TPSA) is 97.3 Å². The molecule has 2 aromatic carbocycles. The molecule has 10 heteroatoms. The highest BCUT2D eigenvalue weighted by atomic mass is 79.9. The number of piperidine rings is 1. The standard InChI is InChI=1S/C21H22BrN3O5S/c1-14-2-4-17(5-3-14)31(27,28)25-8-6-15(7-9-25)21(26)24-23-12-16-10-19-20(11-18(16)22)30-13-29-19/h2-5,10-12,15H,6-9,13H2,1H3,(H,24,26)/b23-12-. The van der Waals surface area contributed by atoms with Crippen LogP contribution < -0.4 is 14.9 Å². The van der Waals surface area contributed by atoms with Gasteiger partial charge >= 0.3 is 0 Å². The van der Waals surface area contributed by atoms with Gasteiger partial charge in [0.15, 0.2) is 11.5 Å². The third-order valence-corrected chi connectivity index (χ3v) is 7.95. The van der Waals surface area contributed by atoms with Crippen LogP contribution in [0.5, 0.6) is 11.5 Å². The van der Waals surface area contributed by atoms with Crippen molar-refractivity contribution in [2.24, 2.45) is 11.0 Å². The number of ether oxygens (including phenoxy) is 2. The molecule has 1 saturated heterocycles. The Balaban J connectivity index is 1.32. The van der Waals surface area contributed by atoms with E-state index in [0.29, 0.717) is 37.4 Å². The molecular weight excluding hydrogens is 486 g/mol. The lowest BCUT2D eigenvalue weighted by Crippen LogP contribution is -2.42. The highest BCUT2D eigenvalue weighted by Crippen LogP contribution is 2.36. The zero-order valence-electron chi connectivity index (χ0n) is 16.9. The zero-order valence-corrected chi connectivity index (χ0v) is 19.3. The lowest BCUT2D eigenvalue weighted by Gasteiger charge is -2.30. The van der Waals surface area contributed by atoms with Gasteiger partial charge < -0.3 is 9.47 Å². The van der Waals surface area contributed by atoms with E-state index in [0.717, 1.165) is 15.6 Å². The summed E-state index contributed by atoms with van der Waals surface area (Å²) < 4.78 is 38.5. The van der Waals surface area contributed by atoms with Crippen LogP contribution in [0.4, 0.5) is 0 Å². The van der Waals surface area contributed by atoms with Crippen LogP contribution in [-0.2, 0) is 14.8 Å². The minimum absolute atomic E-state index is 0.178. The molecule has 2 aliphatic rings. The van der Waals surface area contributed by atoms with Crippen LogP contribution in [-0.4, -0.2) is 44.7 Å². The molecule has 0 aromatic heterocycles. The Bertz CT molecular complexity index is 1110. The predicted molar refractivity (Wildman–Crippen MR) is 119 cm³/mol. The van der Waals surface area contributed by atoms with Gasteiger partial charge in [0, 0.05) is 29.0 Å². The van der Waals surface area contributed by atoms with Gasteiger partial charge in [-0.05, 0) is 60.0 Å². The molecule has 2 aromatic rings. The molecule has 8 nitrogen and oxygen atoms in total. The van der Waals surface area contributed by atoms with Gasteiger partial charge in [0.2, 0.25) is 22.7 Å². The van der Waals surface area contributed by atoms with Crippen molar-refractivity contribution in [3.63, 3.8) is 0 Å². The van der Waals surface area contributed by atoms with Crippen molar-refractivity contribution in [1.82, 2.24) is 9.73 Å². The quantitative estimate of drug-likeness (QED) is 0.495. The van der Waals surface area contributed by atoms with E-state index in [2.05, 4.69) is 26.5 Å². The van der Waals surface area contributed by atoms with Crippen LogP contribution in [0.2, 0.25) is 0 Å². The number of hydrogen-bond donors (Lipinski definition) is 1. The van der Waals surface area contributed by atoms with Crippen molar-refractivity contribution in [3.05, 3.63) is 52.0 Å². The van der Waals surface area contributed by atoms with Crippen molar-refractivity contribution >= 4 is 38.1 Å². The fourth-order valence-corrected chi connectivity index (χ4v) is 5.40. The van der Waals surface area contributed by atoms with Gasteiger partial charge in [0.25, 0.3) is 0 Å². The number of hydrogen-bond acceptors (Lipinski definition) is 6. The summed E-state index contributed by atoms with van der Waals surface area (Å²) >= 11 is 3.44. The van der Waals surface area contributed by atoms with Gasteiger partial charge in [-0.15, -0.1) is 0 Å². The Hall–Kier alpha value is -2.43. The average Bonchev–Trinajstić information content (AvgIpc) is 3.21. The van der Waals surface area contributed by atoms with Crippen molar-refractivity contribution in [3.8, 4) is 11.5 Å². The molecular formula is C21H22BrN3O5S. The van der Waals surface area contributed by atoms with Crippen LogP contribution in [0, 0.1) is 12.8 Å². The first-order valence-corrected chi connectivity index (χ1v) is 12.1. The Labute approximate surface area is 189 Å². The lowest BCUT2D eigenvalue weighted by atomic mass is 9.98. The highest BCUT2D eigenvalue weighted by Gasteiger charge is 2.32. The molecule has 1 fully saturated rings. The molecule has 0 saturated carbocycles. The summed E-state index contributed by atoms with van der Waals surface area (Å²) in [6, 6.07) is 10.4. The van der Waals surface area contributed by atoms with E-state index >= 15 is 0 Å². The van der Waals surface area contributed by atoms with Gasteiger partial charge in [-0.1, -0.05) is 17.7 Å². The second-order valence-corrected chi connectivity index (χ2v) is 10.2. The summed E-state index contributed by atoms with van der Waals surface area (Å²) in [6.45, 7) is 2.68. The summed E-state index contributed by atoms with van der Waals surface area (Å²) in [5.41, 5.74) is 4.30. The first-order chi connectivity index (χ1) is 14.8. The van der Waals surface area contributed by atoms with E-state index in [-0.39, 0.29) is 23.5 Å². The molecule has 1 N–H and O–H groups in total. The Morgan fingerprint density at radius 3 is 2.48 bits per heavy atom. The van der Waals surface area contributed by atoms with Crippen LogP contribution in [0.15, 0.2) is 50.9 Å². The number of hydrazone groups is 1. The van der Waals surface area contributed by atoms with E-state index < -0.39 is 10.0 Å². The van der Waals surface area contributed by atoms with Gasteiger partial charge in [-0.3, -0.25) is 4.79 Å². The number of benzene rings is 2. The number of halogens is 1. The first-order valence-electron chi connectivity index (χ1n) is 9.83. The lowest BCUT2D eigenvalue weighted by molar-refractivity contribution is -0.126. The maximum atomic E-state index is 12.8. The normalized spacial score (nSPS) is 17.2. The monoisotopic (exact) mass is 507 g/mol. The molecule has 31 heavy (non-hydrogen) atoms. The molecule has 4 rings (SSSR count). The van der Waals surface area contributed by atoms with Crippen LogP contribution in [0.1, 0.15) is 24.0 Å². The van der Waals surface area contributed by atoms with E-state index in [1.54, 1.807) is 36.4 Å². The molecule has 164 valence electrons. The summed E-state index contributed by atoms with van der Waals surface area (Å²) in [7, 11) is -3.55. The number of carbonyl (C=O) groups is 1. The zero-order chi connectivity index (χ0) is 22.0.